The summed E-state index contributed by atoms with van der Waals surface area (Å²) in [5, 5.41) is 9.01. The van der Waals surface area contributed by atoms with Gasteiger partial charge in [-0.2, -0.15) is 4.98 Å². The predicted molar refractivity (Wildman–Crippen MR) is 95.8 cm³/mol. The number of hydrogen-bond acceptors (Lipinski definition) is 5. The molecule has 0 bridgehead atoms. The molecule has 0 saturated heterocycles. The lowest BCUT2D eigenvalue weighted by Gasteiger charge is -2.07. The summed E-state index contributed by atoms with van der Waals surface area (Å²) in [7, 11) is 0. The number of aromatic nitrogens is 2. The van der Waals surface area contributed by atoms with Crippen molar-refractivity contribution in [2.45, 2.75) is 0 Å². The number of rotatable bonds is 6. The highest BCUT2D eigenvalue weighted by Crippen LogP contribution is 2.18. The highest BCUT2D eigenvalue weighted by molar-refractivity contribution is 6.30. The summed E-state index contributed by atoms with van der Waals surface area (Å²) in [5.41, 5.74) is -0.0651. The minimum atomic E-state index is -0.970. The maximum atomic E-state index is 13.5. The second-order valence-electron chi connectivity index (χ2n) is 5.54. The Labute approximate surface area is 162 Å². The largest absolute Gasteiger partial charge is 0.350 e. The lowest BCUT2D eigenvalue weighted by Crippen LogP contribution is -2.35. The van der Waals surface area contributed by atoms with Crippen LogP contribution < -0.4 is 10.6 Å². The first-order valence-electron chi connectivity index (χ1n) is 8.06. The molecular formula is C18H13ClF2N4O3. The maximum Gasteiger partial charge on any atom is 0.316 e. The number of nitrogens with zero attached hydrogens (tertiary/aromatic N) is 2. The van der Waals surface area contributed by atoms with Crippen molar-refractivity contribution in [1.82, 2.24) is 20.8 Å². The Hall–Kier alpha value is -3.33. The molecule has 3 rings (SSSR count). The van der Waals surface area contributed by atoms with Crippen LogP contribution in [0.1, 0.15) is 21.0 Å². The van der Waals surface area contributed by atoms with Crippen molar-refractivity contribution in [1.29, 1.82) is 0 Å². The van der Waals surface area contributed by atoms with Gasteiger partial charge in [0.15, 0.2) is 0 Å². The van der Waals surface area contributed by atoms with E-state index in [0.29, 0.717) is 10.6 Å². The quantitative estimate of drug-likeness (QED) is 0.613. The number of carbonyl (C=O) groups excluding carboxylic acids is 2. The molecule has 0 aliphatic rings. The molecule has 0 aliphatic carbocycles. The molecule has 0 unspecified atom stereocenters. The Balaban J connectivity index is 1.51. The maximum absolute atomic E-state index is 13.5. The van der Waals surface area contributed by atoms with Gasteiger partial charge in [0.25, 0.3) is 5.91 Å². The van der Waals surface area contributed by atoms with Crippen LogP contribution in [0, 0.1) is 11.6 Å². The summed E-state index contributed by atoms with van der Waals surface area (Å²) < 4.78 is 31.9. The van der Waals surface area contributed by atoms with Crippen LogP contribution in [0.4, 0.5) is 8.78 Å². The van der Waals surface area contributed by atoms with E-state index in [0.717, 1.165) is 18.2 Å². The van der Waals surface area contributed by atoms with Gasteiger partial charge in [0, 0.05) is 23.7 Å². The second-order valence-corrected chi connectivity index (χ2v) is 5.97. The van der Waals surface area contributed by atoms with Crippen LogP contribution in [0.2, 0.25) is 5.02 Å². The van der Waals surface area contributed by atoms with Gasteiger partial charge in [0.2, 0.25) is 5.82 Å². The fourth-order valence-corrected chi connectivity index (χ4v) is 2.39. The third-order valence-corrected chi connectivity index (χ3v) is 3.86. The zero-order valence-corrected chi connectivity index (χ0v) is 15.0. The first kappa shape index (κ1) is 19.4. The van der Waals surface area contributed by atoms with E-state index >= 15 is 0 Å². The standard InChI is InChI=1S/C18H13ClF2N4O3/c19-11-6-4-10(5-7-11)15-24-18(28-25-15)17(27)23-9-8-22-16(26)14-12(20)2-1-3-13(14)21/h1-7H,8-9H2,(H,22,26)(H,23,27). The van der Waals surface area contributed by atoms with Crippen LogP contribution in [0.25, 0.3) is 11.4 Å². The average molecular weight is 407 g/mol. The Bertz CT molecular complexity index is 988. The minimum Gasteiger partial charge on any atom is -0.350 e. The van der Waals surface area contributed by atoms with Crippen molar-refractivity contribution < 1.29 is 22.9 Å². The molecule has 0 saturated carbocycles. The van der Waals surface area contributed by atoms with E-state index in [1.54, 1.807) is 24.3 Å². The summed E-state index contributed by atoms with van der Waals surface area (Å²) in [6, 6.07) is 9.76. The predicted octanol–water partition coefficient (Wildman–Crippen LogP) is 2.83. The monoisotopic (exact) mass is 406 g/mol. The summed E-state index contributed by atoms with van der Waals surface area (Å²) >= 11 is 5.80. The number of halogens is 3. The van der Waals surface area contributed by atoms with E-state index in [-0.39, 0.29) is 24.8 Å². The Morgan fingerprint density at radius 3 is 2.21 bits per heavy atom. The van der Waals surface area contributed by atoms with Crippen molar-refractivity contribution in [3.63, 3.8) is 0 Å². The number of benzene rings is 2. The van der Waals surface area contributed by atoms with Crippen molar-refractivity contribution in [3.05, 3.63) is 70.6 Å². The number of carbonyl (C=O) groups is 2. The van der Waals surface area contributed by atoms with E-state index in [9.17, 15) is 18.4 Å². The molecule has 0 radical (unpaired) electrons. The van der Waals surface area contributed by atoms with Gasteiger partial charge < -0.3 is 15.2 Å². The van der Waals surface area contributed by atoms with Crippen molar-refractivity contribution >= 4 is 23.4 Å². The van der Waals surface area contributed by atoms with Gasteiger partial charge in [-0.1, -0.05) is 22.8 Å². The third kappa shape index (κ3) is 4.49. The van der Waals surface area contributed by atoms with Gasteiger partial charge in [-0.05, 0) is 36.4 Å². The molecule has 0 fully saturated rings. The van der Waals surface area contributed by atoms with Crippen LogP contribution in [-0.4, -0.2) is 35.0 Å². The molecule has 1 heterocycles. The summed E-state index contributed by atoms with van der Waals surface area (Å²) in [6.45, 7) is -0.0736. The zero-order chi connectivity index (χ0) is 20.1. The highest BCUT2D eigenvalue weighted by atomic mass is 35.5. The van der Waals surface area contributed by atoms with Gasteiger partial charge in [-0.15, -0.1) is 0 Å². The number of hydrogen-bond donors (Lipinski definition) is 2. The number of amides is 2. The number of nitrogens with one attached hydrogen (secondary N) is 2. The molecule has 2 amide bonds. The fraction of sp³-hybridized carbons (Fsp3) is 0.111. The second kappa shape index (κ2) is 8.57. The Morgan fingerprint density at radius 1 is 0.964 bits per heavy atom. The average Bonchev–Trinajstić information content (AvgIpc) is 3.16. The fourth-order valence-electron chi connectivity index (χ4n) is 2.26. The van der Waals surface area contributed by atoms with Crippen LogP contribution in [-0.2, 0) is 0 Å². The lowest BCUT2D eigenvalue weighted by atomic mass is 10.2. The van der Waals surface area contributed by atoms with E-state index in [2.05, 4.69) is 20.8 Å². The van der Waals surface area contributed by atoms with Crippen LogP contribution in [0.5, 0.6) is 0 Å². The van der Waals surface area contributed by atoms with Gasteiger partial charge in [-0.3, -0.25) is 9.59 Å². The van der Waals surface area contributed by atoms with Crippen LogP contribution in [0.3, 0.4) is 0 Å². The molecule has 28 heavy (non-hydrogen) atoms. The lowest BCUT2D eigenvalue weighted by molar-refractivity contribution is 0.0896. The molecular weight excluding hydrogens is 394 g/mol. The zero-order valence-electron chi connectivity index (χ0n) is 14.2. The normalized spacial score (nSPS) is 10.5. The van der Waals surface area contributed by atoms with Gasteiger partial charge >= 0.3 is 11.8 Å². The topological polar surface area (TPSA) is 97.1 Å². The molecule has 0 atom stereocenters. The van der Waals surface area contributed by atoms with Crippen molar-refractivity contribution in [2.24, 2.45) is 0 Å². The Morgan fingerprint density at radius 2 is 1.57 bits per heavy atom. The molecule has 0 spiro atoms. The Kier molecular flexibility index (Phi) is 5.95. The molecule has 2 aromatic carbocycles. The summed E-state index contributed by atoms with van der Waals surface area (Å²) in [4.78, 5) is 27.8. The van der Waals surface area contributed by atoms with Crippen LogP contribution in [0.15, 0.2) is 47.0 Å². The first-order valence-corrected chi connectivity index (χ1v) is 8.43. The van der Waals surface area contributed by atoms with Crippen LogP contribution >= 0.6 is 11.6 Å². The first-order chi connectivity index (χ1) is 13.5. The molecule has 7 nitrogen and oxygen atoms in total. The van der Waals surface area contributed by atoms with E-state index in [1.165, 1.54) is 0 Å². The smallest absolute Gasteiger partial charge is 0.316 e. The molecule has 10 heteroatoms. The van der Waals surface area contributed by atoms with Gasteiger partial charge in [0.05, 0.1) is 0 Å². The molecule has 2 N–H and O–H groups in total. The van der Waals surface area contributed by atoms with E-state index in [4.69, 9.17) is 16.1 Å². The van der Waals surface area contributed by atoms with E-state index in [1.807, 2.05) is 0 Å². The molecule has 144 valence electrons. The van der Waals surface area contributed by atoms with Crippen molar-refractivity contribution in [3.8, 4) is 11.4 Å². The van der Waals surface area contributed by atoms with E-state index < -0.39 is 29.0 Å². The molecule has 0 aliphatic heterocycles. The third-order valence-electron chi connectivity index (χ3n) is 3.61. The highest BCUT2D eigenvalue weighted by Gasteiger charge is 2.18. The molecule has 1 aromatic heterocycles. The molecule has 3 aromatic rings. The summed E-state index contributed by atoms with van der Waals surface area (Å²) in [6.07, 6.45) is 0. The van der Waals surface area contributed by atoms with Gasteiger partial charge in [-0.25, -0.2) is 8.78 Å². The SMILES string of the molecule is O=C(NCCNC(=O)c1c(F)cccc1F)c1nc(-c2ccc(Cl)cc2)no1. The summed E-state index contributed by atoms with van der Waals surface area (Å²) in [5.74, 6) is -3.57. The van der Waals surface area contributed by atoms with Crippen molar-refractivity contribution in [2.75, 3.05) is 13.1 Å². The minimum absolute atomic E-state index is 0.0146. The van der Waals surface area contributed by atoms with Gasteiger partial charge in [0.1, 0.15) is 17.2 Å².